The molecule has 0 unspecified atom stereocenters. The van der Waals surface area contributed by atoms with Gasteiger partial charge in [0.25, 0.3) is 0 Å². The van der Waals surface area contributed by atoms with E-state index < -0.39 is 0 Å². The van der Waals surface area contributed by atoms with Crippen molar-refractivity contribution in [2.24, 2.45) is 11.3 Å². The van der Waals surface area contributed by atoms with Crippen LogP contribution in [0.15, 0.2) is 0 Å². The van der Waals surface area contributed by atoms with Gasteiger partial charge < -0.3 is 10.4 Å². The molecule has 2 aliphatic carbocycles. The van der Waals surface area contributed by atoms with Crippen LogP contribution in [0.4, 0.5) is 0 Å². The summed E-state index contributed by atoms with van der Waals surface area (Å²) in [6.45, 7) is 2.60. The molecule has 0 amide bonds. The molecule has 2 saturated carbocycles. The van der Waals surface area contributed by atoms with Crippen molar-refractivity contribution in [2.45, 2.75) is 38.5 Å². The molecular formula is C11H21NO. The van der Waals surface area contributed by atoms with Crippen molar-refractivity contribution in [3.05, 3.63) is 0 Å². The predicted octanol–water partition coefficient (Wildman–Crippen LogP) is 1.54. The minimum atomic E-state index is 0.290. The number of aliphatic hydroxyl groups excluding tert-OH is 1. The zero-order valence-electron chi connectivity index (χ0n) is 8.39. The molecule has 0 aromatic rings. The van der Waals surface area contributed by atoms with Crippen LogP contribution in [0.2, 0.25) is 0 Å². The van der Waals surface area contributed by atoms with Crippen LogP contribution in [0, 0.1) is 11.3 Å². The summed E-state index contributed by atoms with van der Waals surface area (Å²) in [5.74, 6) is 0.925. The Bertz CT molecular complexity index is 159. The van der Waals surface area contributed by atoms with Crippen molar-refractivity contribution in [3.8, 4) is 0 Å². The Morgan fingerprint density at radius 1 is 1.23 bits per heavy atom. The van der Waals surface area contributed by atoms with Crippen molar-refractivity contribution in [2.75, 3.05) is 19.7 Å². The summed E-state index contributed by atoms with van der Waals surface area (Å²) in [4.78, 5) is 0. The molecule has 2 rings (SSSR count). The Labute approximate surface area is 80.7 Å². The summed E-state index contributed by atoms with van der Waals surface area (Å²) in [6.07, 6.45) is 8.13. The lowest BCUT2D eigenvalue weighted by Gasteiger charge is -2.15. The summed E-state index contributed by atoms with van der Waals surface area (Å²) in [5, 5.41) is 12.6. The van der Waals surface area contributed by atoms with E-state index in [9.17, 15) is 0 Å². The molecule has 2 heteroatoms. The fourth-order valence-electron chi connectivity index (χ4n) is 2.32. The molecule has 2 aliphatic rings. The van der Waals surface area contributed by atoms with Crippen molar-refractivity contribution >= 4 is 0 Å². The van der Waals surface area contributed by atoms with Gasteiger partial charge in [-0.1, -0.05) is 12.8 Å². The number of nitrogens with one attached hydrogen (secondary N) is 1. The fourth-order valence-corrected chi connectivity index (χ4v) is 2.32. The zero-order chi connectivity index (χ0) is 9.15. The maximum Gasteiger partial charge on any atom is 0.0499 e. The van der Waals surface area contributed by atoms with E-state index in [1.54, 1.807) is 0 Å². The lowest BCUT2D eigenvalue weighted by atomic mass is 10.1. The summed E-state index contributed by atoms with van der Waals surface area (Å²) in [5.41, 5.74) is 0.290. The lowest BCUT2D eigenvalue weighted by molar-refractivity contribution is 0.206. The molecule has 2 N–H and O–H groups in total. The molecule has 13 heavy (non-hydrogen) atoms. The summed E-state index contributed by atoms with van der Waals surface area (Å²) < 4.78 is 0. The number of hydrogen-bond donors (Lipinski definition) is 2. The Morgan fingerprint density at radius 3 is 2.46 bits per heavy atom. The Balaban J connectivity index is 1.58. The molecule has 0 radical (unpaired) electrons. The van der Waals surface area contributed by atoms with E-state index in [-0.39, 0.29) is 0 Å². The molecular weight excluding hydrogens is 162 g/mol. The quantitative estimate of drug-likeness (QED) is 0.677. The highest BCUT2D eigenvalue weighted by atomic mass is 16.3. The highest BCUT2D eigenvalue weighted by Crippen LogP contribution is 2.44. The molecule has 0 atom stereocenters. The van der Waals surface area contributed by atoms with E-state index in [1.165, 1.54) is 45.1 Å². The maximum atomic E-state index is 9.11. The summed E-state index contributed by atoms with van der Waals surface area (Å²) in [6, 6.07) is 0. The Kier molecular flexibility index (Phi) is 2.89. The first-order chi connectivity index (χ1) is 6.35. The third-order valence-corrected chi connectivity index (χ3v) is 3.70. The summed E-state index contributed by atoms with van der Waals surface area (Å²) in [7, 11) is 0. The van der Waals surface area contributed by atoms with E-state index in [2.05, 4.69) is 5.32 Å². The standard InChI is InChI=1S/C11H21NO/c13-9-11(5-6-11)8-12-7-10-3-1-2-4-10/h10,12-13H,1-9H2. The Hall–Kier alpha value is -0.0800. The third kappa shape index (κ3) is 2.44. The van der Waals surface area contributed by atoms with Gasteiger partial charge in [0, 0.05) is 18.6 Å². The molecule has 0 aromatic heterocycles. The van der Waals surface area contributed by atoms with Gasteiger partial charge in [-0.05, 0) is 38.1 Å². The van der Waals surface area contributed by atoms with E-state index >= 15 is 0 Å². The van der Waals surface area contributed by atoms with Gasteiger partial charge in [-0.25, -0.2) is 0 Å². The third-order valence-electron chi connectivity index (χ3n) is 3.70. The van der Waals surface area contributed by atoms with Crippen LogP contribution in [0.3, 0.4) is 0 Å². The second kappa shape index (κ2) is 3.97. The van der Waals surface area contributed by atoms with Crippen LogP contribution >= 0.6 is 0 Å². The molecule has 2 nitrogen and oxygen atoms in total. The largest absolute Gasteiger partial charge is 0.396 e. The van der Waals surface area contributed by atoms with E-state index in [4.69, 9.17) is 5.11 Å². The van der Waals surface area contributed by atoms with Gasteiger partial charge in [0.1, 0.15) is 0 Å². The number of rotatable bonds is 5. The van der Waals surface area contributed by atoms with Gasteiger partial charge in [-0.2, -0.15) is 0 Å². The van der Waals surface area contributed by atoms with Gasteiger partial charge >= 0.3 is 0 Å². The zero-order valence-corrected chi connectivity index (χ0v) is 8.39. The molecule has 0 bridgehead atoms. The monoisotopic (exact) mass is 183 g/mol. The smallest absolute Gasteiger partial charge is 0.0499 e. The average Bonchev–Trinajstić information content (AvgIpc) is 2.74. The van der Waals surface area contributed by atoms with Crippen molar-refractivity contribution in [3.63, 3.8) is 0 Å². The van der Waals surface area contributed by atoms with Gasteiger partial charge in [-0.3, -0.25) is 0 Å². The first-order valence-electron chi connectivity index (χ1n) is 5.66. The Morgan fingerprint density at radius 2 is 1.92 bits per heavy atom. The van der Waals surface area contributed by atoms with Crippen molar-refractivity contribution in [1.82, 2.24) is 5.32 Å². The predicted molar refractivity (Wildman–Crippen MR) is 53.6 cm³/mol. The highest BCUT2D eigenvalue weighted by Gasteiger charge is 2.41. The topological polar surface area (TPSA) is 32.3 Å². The first kappa shape index (κ1) is 9.47. The van der Waals surface area contributed by atoms with Gasteiger partial charge in [0.2, 0.25) is 0 Å². The van der Waals surface area contributed by atoms with E-state index in [0.717, 1.165) is 12.5 Å². The van der Waals surface area contributed by atoms with Crippen LogP contribution in [0.1, 0.15) is 38.5 Å². The molecule has 76 valence electrons. The minimum Gasteiger partial charge on any atom is -0.396 e. The fraction of sp³-hybridized carbons (Fsp3) is 1.00. The minimum absolute atomic E-state index is 0.290. The SMILES string of the molecule is OCC1(CNCC2CCCC2)CC1. The van der Waals surface area contributed by atoms with Gasteiger partial charge in [0.05, 0.1) is 0 Å². The van der Waals surface area contributed by atoms with Gasteiger partial charge in [0.15, 0.2) is 0 Å². The van der Waals surface area contributed by atoms with Crippen LogP contribution in [0.25, 0.3) is 0 Å². The molecule has 0 saturated heterocycles. The molecule has 2 fully saturated rings. The average molecular weight is 183 g/mol. The van der Waals surface area contributed by atoms with Crippen LogP contribution in [-0.2, 0) is 0 Å². The second-order valence-corrected chi connectivity index (χ2v) is 4.94. The number of hydrogen-bond acceptors (Lipinski definition) is 2. The maximum absolute atomic E-state index is 9.11. The highest BCUT2D eigenvalue weighted by molar-refractivity contribution is 4.94. The van der Waals surface area contributed by atoms with Crippen molar-refractivity contribution in [1.29, 1.82) is 0 Å². The molecule has 0 spiro atoms. The molecule has 0 aromatic carbocycles. The van der Waals surface area contributed by atoms with Crippen LogP contribution < -0.4 is 5.32 Å². The summed E-state index contributed by atoms with van der Waals surface area (Å²) >= 11 is 0. The van der Waals surface area contributed by atoms with Gasteiger partial charge in [-0.15, -0.1) is 0 Å². The lowest BCUT2D eigenvalue weighted by Crippen LogP contribution is -2.30. The first-order valence-corrected chi connectivity index (χ1v) is 5.66. The van der Waals surface area contributed by atoms with E-state index in [0.29, 0.717) is 12.0 Å². The van der Waals surface area contributed by atoms with E-state index in [1.807, 2.05) is 0 Å². The van der Waals surface area contributed by atoms with Crippen LogP contribution in [-0.4, -0.2) is 24.8 Å². The van der Waals surface area contributed by atoms with Crippen molar-refractivity contribution < 1.29 is 5.11 Å². The van der Waals surface area contributed by atoms with Crippen LogP contribution in [0.5, 0.6) is 0 Å². The molecule has 0 heterocycles. The second-order valence-electron chi connectivity index (χ2n) is 4.94. The molecule has 0 aliphatic heterocycles. The normalized spacial score (nSPS) is 26.5. The number of aliphatic hydroxyl groups is 1.